The highest BCUT2D eigenvalue weighted by molar-refractivity contribution is 5.98. The molecule has 7 heteroatoms. The molecule has 25 heavy (non-hydrogen) atoms. The first-order chi connectivity index (χ1) is 12.0. The van der Waals surface area contributed by atoms with Crippen molar-refractivity contribution < 1.29 is 9.59 Å². The van der Waals surface area contributed by atoms with E-state index < -0.39 is 0 Å². The minimum Gasteiger partial charge on any atom is -0.353 e. The van der Waals surface area contributed by atoms with Gasteiger partial charge in [0.1, 0.15) is 0 Å². The minimum atomic E-state index is -0.258. The Morgan fingerprint density at radius 2 is 2.12 bits per heavy atom. The van der Waals surface area contributed by atoms with Crippen LogP contribution in [0, 0.1) is 0 Å². The lowest BCUT2D eigenvalue weighted by molar-refractivity contribution is -0.121. The Morgan fingerprint density at radius 1 is 1.36 bits per heavy atom. The van der Waals surface area contributed by atoms with Gasteiger partial charge in [-0.05, 0) is 36.6 Å². The molecule has 1 aliphatic carbocycles. The lowest BCUT2D eigenvalue weighted by Crippen LogP contribution is -2.39. The number of anilines is 1. The van der Waals surface area contributed by atoms with Gasteiger partial charge in [0.2, 0.25) is 11.8 Å². The number of aromatic nitrogens is 3. The number of nitrogens with one attached hydrogen (secondary N) is 2. The lowest BCUT2D eigenvalue weighted by atomic mass is 9.95. The van der Waals surface area contributed by atoms with Gasteiger partial charge >= 0.3 is 0 Å². The maximum absolute atomic E-state index is 12.3. The summed E-state index contributed by atoms with van der Waals surface area (Å²) in [4.78, 5) is 23.5. The van der Waals surface area contributed by atoms with Crippen molar-refractivity contribution in [3.63, 3.8) is 0 Å². The Balaban J connectivity index is 1.53. The van der Waals surface area contributed by atoms with Crippen LogP contribution in [0.3, 0.4) is 0 Å². The number of hydrogen-bond donors (Lipinski definition) is 2. The first-order valence-corrected chi connectivity index (χ1v) is 8.24. The number of hydrogen-bond acceptors (Lipinski definition) is 4. The van der Waals surface area contributed by atoms with Crippen LogP contribution >= 0.6 is 0 Å². The van der Waals surface area contributed by atoms with Gasteiger partial charge in [0, 0.05) is 25.2 Å². The molecule has 0 saturated heterocycles. The highest BCUT2D eigenvalue weighted by Crippen LogP contribution is 2.18. The normalized spacial score (nSPS) is 16.0. The molecule has 0 radical (unpaired) electrons. The van der Waals surface area contributed by atoms with Gasteiger partial charge in [0.15, 0.2) is 0 Å². The molecule has 0 fully saturated rings. The Hall–Kier alpha value is -2.96. The number of carbonyl (C=O) groups is 2. The van der Waals surface area contributed by atoms with Crippen LogP contribution in [0.15, 0.2) is 36.9 Å². The molecule has 0 bridgehead atoms. The van der Waals surface area contributed by atoms with E-state index in [0.717, 1.165) is 36.2 Å². The van der Waals surface area contributed by atoms with Gasteiger partial charge in [0.05, 0.1) is 17.8 Å². The van der Waals surface area contributed by atoms with Crippen LogP contribution in [-0.4, -0.2) is 32.9 Å². The lowest BCUT2D eigenvalue weighted by Gasteiger charge is -2.22. The molecule has 1 aliphatic rings. The predicted octanol–water partition coefficient (Wildman–Crippen LogP) is 1.16. The highest BCUT2D eigenvalue weighted by Gasteiger charge is 2.24. The molecule has 2 amide bonds. The number of aryl methyl sites for hydroxylation is 1. The molecule has 130 valence electrons. The molecule has 0 spiro atoms. The summed E-state index contributed by atoms with van der Waals surface area (Å²) in [5.41, 5.74) is 3.70. The molecule has 3 rings (SSSR count). The van der Waals surface area contributed by atoms with Crippen LogP contribution in [0.4, 0.5) is 5.69 Å². The van der Waals surface area contributed by atoms with Crippen molar-refractivity contribution in [3.8, 4) is 0 Å². The van der Waals surface area contributed by atoms with E-state index in [1.54, 1.807) is 16.8 Å². The van der Waals surface area contributed by atoms with Crippen molar-refractivity contribution in [1.29, 1.82) is 0 Å². The fourth-order valence-corrected chi connectivity index (χ4v) is 3.02. The third-order valence-corrected chi connectivity index (χ3v) is 4.33. The summed E-state index contributed by atoms with van der Waals surface area (Å²) in [6.45, 7) is 3.41. The number of benzene rings is 1. The van der Waals surface area contributed by atoms with Crippen LogP contribution in [-0.2, 0) is 35.9 Å². The zero-order valence-electron chi connectivity index (χ0n) is 14.2. The van der Waals surface area contributed by atoms with E-state index in [-0.39, 0.29) is 17.9 Å². The SMILES string of the molecule is C=CC(=O)Nc1ccc(CC(=O)NC2CCc3c(nnn3C)C2)cc1. The van der Waals surface area contributed by atoms with Gasteiger partial charge in [0.25, 0.3) is 0 Å². The smallest absolute Gasteiger partial charge is 0.247 e. The van der Waals surface area contributed by atoms with Crippen LogP contribution in [0.1, 0.15) is 23.4 Å². The van der Waals surface area contributed by atoms with Crippen molar-refractivity contribution in [3.05, 3.63) is 53.9 Å². The maximum atomic E-state index is 12.3. The zero-order valence-corrected chi connectivity index (χ0v) is 14.2. The highest BCUT2D eigenvalue weighted by atomic mass is 16.2. The molecule has 1 aromatic heterocycles. The van der Waals surface area contributed by atoms with E-state index in [2.05, 4.69) is 27.5 Å². The summed E-state index contributed by atoms with van der Waals surface area (Å²) in [6.07, 6.45) is 4.02. The van der Waals surface area contributed by atoms with Crippen LogP contribution in [0.25, 0.3) is 0 Å². The number of amides is 2. The first kappa shape index (κ1) is 16.9. The zero-order chi connectivity index (χ0) is 17.8. The molecule has 1 heterocycles. The number of carbonyl (C=O) groups excluding carboxylic acids is 2. The second-order valence-corrected chi connectivity index (χ2v) is 6.18. The van der Waals surface area contributed by atoms with E-state index in [0.29, 0.717) is 12.1 Å². The fraction of sp³-hybridized carbons (Fsp3) is 0.333. The quantitative estimate of drug-likeness (QED) is 0.800. The summed E-state index contributed by atoms with van der Waals surface area (Å²) in [5, 5.41) is 13.9. The van der Waals surface area contributed by atoms with Crippen molar-refractivity contribution in [2.45, 2.75) is 31.7 Å². The van der Waals surface area contributed by atoms with Gasteiger partial charge in [-0.15, -0.1) is 5.10 Å². The van der Waals surface area contributed by atoms with E-state index in [4.69, 9.17) is 0 Å². The average molecular weight is 339 g/mol. The molecule has 2 N–H and O–H groups in total. The van der Waals surface area contributed by atoms with Gasteiger partial charge in [-0.25, -0.2) is 0 Å². The standard InChI is InChI=1S/C18H21N5O2/c1-3-17(24)19-13-6-4-12(5-7-13)10-18(25)20-14-8-9-16-15(11-14)21-22-23(16)2/h3-7,14H,1,8-11H2,2H3,(H,19,24)(H,20,25). The molecule has 0 saturated carbocycles. The number of rotatable bonds is 5. The summed E-state index contributed by atoms with van der Waals surface area (Å²) >= 11 is 0. The van der Waals surface area contributed by atoms with Gasteiger partial charge in [-0.1, -0.05) is 23.9 Å². The molecular formula is C18H21N5O2. The second kappa shape index (κ2) is 7.29. The van der Waals surface area contributed by atoms with E-state index in [9.17, 15) is 9.59 Å². The van der Waals surface area contributed by atoms with Gasteiger partial charge in [-0.3, -0.25) is 14.3 Å². The molecule has 7 nitrogen and oxygen atoms in total. The molecular weight excluding hydrogens is 318 g/mol. The van der Waals surface area contributed by atoms with Crippen LogP contribution in [0.2, 0.25) is 0 Å². The molecule has 1 atom stereocenters. The predicted molar refractivity (Wildman–Crippen MR) is 93.9 cm³/mol. The average Bonchev–Trinajstić information content (AvgIpc) is 2.97. The third-order valence-electron chi connectivity index (χ3n) is 4.33. The fourth-order valence-electron chi connectivity index (χ4n) is 3.02. The largest absolute Gasteiger partial charge is 0.353 e. The minimum absolute atomic E-state index is 0.0137. The molecule has 2 aromatic rings. The first-order valence-electron chi connectivity index (χ1n) is 8.24. The summed E-state index contributed by atoms with van der Waals surface area (Å²) < 4.78 is 1.81. The molecule has 1 aromatic carbocycles. The summed E-state index contributed by atoms with van der Waals surface area (Å²) in [5.74, 6) is -0.272. The Bertz CT molecular complexity index is 794. The topological polar surface area (TPSA) is 88.9 Å². The Kier molecular flexibility index (Phi) is 4.92. The molecule has 0 aliphatic heterocycles. The maximum Gasteiger partial charge on any atom is 0.247 e. The van der Waals surface area contributed by atoms with E-state index >= 15 is 0 Å². The molecule has 1 unspecified atom stereocenters. The Morgan fingerprint density at radius 3 is 2.84 bits per heavy atom. The van der Waals surface area contributed by atoms with Crippen molar-refractivity contribution in [2.75, 3.05) is 5.32 Å². The van der Waals surface area contributed by atoms with Gasteiger partial charge < -0.3 is 10.6 Å². The number of fused-ring (bicyclic) bond motifs is 1. The second-order valence-electron chi connectivity index (χ2n) is 6.18. The Labute approximate surface area is 146 Å². The van der Waals surface area contributed by atoms with Gasteiger partial charge in [-0.2, -0.15) is 0 Å². The van der Waals surface area contributed by atoms with Crippen molar-refractivity contribution in [1.82, 2.24) is 20.3 Å². The van der Waals surface area contributed by atoms with E-state index in [1.807, 2.05) is 19.2 Å². The summed E-state index contributed by atoms with van der Waals surface area (Å²) in [7, 11) is 1.89. The number of nitrogens with zero attached hydrogens (tertiary/aromatic N) is 3. The third kappa shape index (κ3) is 4.12. The van der Waals surface area contributed by atoms with E-state index in [1.165, 1.54) is 6.08 Å². The van der Waals surface area contributed by atoms with Crippen molar-refractivity contribution >= 4 is 17.5 Å². The van der Waals surface area contributed by atoms with Crippen LogP contribution in [0.5, 0.6) is 0 Å². The van der Waals surface area contributed by atoms with Crippen molar-refractivity contribution in [2.24, 2.45) is 7.05 Å². The monoisotopic (exact) mass is 339 g/mol. The summed E-state index contributed by atoms with van der Waals surface area (Å²) in [6, 6.07) is 7.31. The van der Waals surface area contributed by atoms with Crippen LogP contribution < -0.4 is 10.6 Å².